The second-order valence-electron chi connectivity index (χ2n) is 6.05. The third-order valence-corrected chi connectivity index (χ3v) is 4.39. The molecule has 3 rings (SSSR count). The molecule has 0 bridgehead atoms. The number of imide groups is 1. The summed E-state index contributed by atoms with van der Waals surface area (Å²) in [5.74, 6) is -0.193. The van der Waals surface area contributed by atoms with Crippen molar-refractivity contribution in [2.24, 2.45) is 4.99 Å². The smallest absolute Gasteiger partial charge is 0.325 e. The summed E-state index contributed by atoms with van der Waals surface area (Å²) in [5, 5.41) is 5.39. The quantitative estimate of drug-likeness (QED) is 0.532. The number of guanidine groups is 1. The van der Waals surface area contributed by atoms with Gasteiger partial charge in [-0.15, -0.1) is 0 Å². The number of rotatable bonds is 6. The maximum absolute atomic E-state index is 12.6. The van der Waals surface area contributed by atoms with Crippen molar-refractivity contribution in [3.05, 3.63) is 35.9 Å². The maximum atomic E-state index is 12.6. The number of fused-ring (bicyclic) bond motifs is 1. The molecule has 0 radical (unpaired) electrons. The van der Waals surface area contributed by atoms with Crippen LogP contribution in [0.3, 0.4) is 0 Å². The minimum absolute atomic E-state index is 0.0283. The van der Waals surface area contributed by atoms with Gasteiger partial charge in [-0.2, -0.15) is 0 Å². The number of Topliss-reactive ketones (excluding diaryl/α,β-unsaturated/α-hetero) is 1. The number of urea groups is 1. The van der Waals surface area contributed by atoms with Gasteiger partial charge in [-0.25, -0.2) is 4.79 Å². The number of ether oxygens (including phenoxy) is 1. The minimum Gasteiger partial charge on any atom is -0.383 e. The molecule has 2 fully saturated rings. The van der Waals surface area contributed by atoms with Crippen LogP contribution in [0.2, 0.25) is 0 Å². The largest absolute Gasteiger partial charge is 0.383 e. The van der Waals surface area contributed by atoms with Crippen LogP contribution in [-0.4, -0.2) is 79.5 Å². The lowest BCUT2D eigenvalue weighted by Crippen LogP contribution is -2.65. The number of methoxy groups -OCH3 is 1. The molecule has 2 unspecified atom stereocenters. The molecule has 9 nitrogen and oxygen atoms in total. The van der Waals surface area contributed by atoms with Crippen LogP contribution in [0.25, 0.3) is 0 Å². The van der Waals surface area contributed by atoms with Gasteiger partial charge >= 0.3 is 6.03 Å². The Labute approximate surface area is 151 Å². The second kappa shape index (κ2) is 7.52. The lowest BCUT2D eigenvalue weighted by Gasteiger charge is -2.35. The lowest BCUT2D eigenvalue weighted by molar-refractivity contribution is -0.126. The SMILES string of the molecule is COCCN=C1NC2C(C(=O)NC(=O)N2C)N1CC(=O)c1ccccc1. The van der Waals surface area contributed by atoms with Crippen LogP contribution in [-0.2, 0) is 9.53 Å². The summed E-state index contributed by atoms with van der Waals surface area (Å²) in [6, 6.07) is 7.63. The highest BCUT2D eigenvalue weighted by Crippen LogP contribution is 2.21. The Morgan fingerprint density at radius 1 is 1.27 bits per heavy atom. The Morgan fingerprint density at radius 3 is 2.69 bits per heavy atom. The highest BCUT2D eigenvalue weighted by molar-refractivity contribution is 6.06. The monoisotopic (exact) mass is 359 g/mol. The Bertz CT molecular complexity index is 736. The normalized spacial score (nSPS) is 23.7. The van der Waals surface area contributed by atoms with E-state index in [-0.39, 0.29) is 12.3 Å². The highest BCUT2D eigenvalue weighted by atomic mass is 16.5. The number of carbonyl (C=O) groups excluding carboxylic acids is 3. The first-order valence-corrected chi connectivity index (χ1v) is 8.25. The van der Waals surface area contributed by atoms with Crippen molar-refractivity contribution in [2.45, 2.75) is 12.2 Å². The summed E-state index contributed by atoms with van der Waals surface area (Å²) in [4.78, 5) is 44.3. The molecule has 1 aromatic carbocycles. The molecule has 1 aromatic rings. The van der Waals surface area contributed by atoms with Crippen molar-refractivity contribution in [1.29, 1.82) is 0 Å². The summed E-state index contributed by atoms with van der Waals surface area (Å²) in [5.41, 5.74) is 0.549. The molecular formula is C17H21N5O4. The molecule has 3 amide bonds. The molecule has 0 saturated carbocycles. The van der Waals surface area contributed by atoms with Gasteiger partial charge in [0.1, 0.15) is 6.17 Å². The molecule has 2 aliphatic heterocycles. The third kappa shape index (κ3) is 3.38. The number of ketones is 1. The van der Waals surface area contributed by atoms with E-state index in [1.807, 2.05) is 6.07 Å². The van der Waals surface area contributed by atoms with E-state index in [0.29, 0.717) is 24.7 Å². The van der Waals surface area contributed by atoms with Gasteiger partial charge in [0.2, 0.25) is 0 Å². The van der Waals surface area contributed by atoms with Crippen molar-refractivity contribution in [1.82, 2.24) is 20.4 Å². The Kier molecular flexibility index (Phi) is 5.17. The first-order valence-electron chi connectivity index (χ1n) is 8.25. The Balaban J connectivity index is 1.87. The van der Waals surface area contributed by atoms with E-state index in [1.165, 1.54) is 4.90 Å². The molecule has 2 saturated heterocycles. The second-order valence-corrected chi connectivity index (χ2v) is 6.05. The lowest BCUT2D eigenvalue weighted by atomic mass is 10.1. The van der Waals surface area contributed by atoms with E-state index in [4.69, 9.17) is 4.74 Å². The van der Waals surface area contributed by atoms with E-state index >= 15 is 0 Å². The molecule has 2 atom stereocenters. The van der Waals surface area contributed by atoms with Crippen molar-refractivity contribution in [3.8, 4) is 0 Å². The van der Waals surface area contributed by atoms with Crippen LogP contribution < -0.4 is 10.6 Å². The summed E-state index contributed by atoms with van der Waals surface area (Å²) in [6.07, 6.45) is -0.582. The first-order chi connectivity index (χ1) is 12.5. The summed E-state index contributed by atoms with van der Waals surface area (Å²) >= 11 is 0. The first kappa shape index (κ1) is 17.9. The Hall–Kier alpha value is -2.94. The van der Waals surface area contributed by atoms with Crippen molar-refractivity contribution >= 4 is 23.7 Å². The third-order valence-electron chi connectivity index (χ3n) is 4.39. The molecule has 26 heavy (non-hydrogen) atoms. The van der Waals surface area contributed by atoms with E-state index in [0.717, 1.165) is 0 Å². The van der Waals surface area contributed by atoms with Gasteiger partial charge in [0.15, 0.2) is 17.8 Å². The van der Waals surface area contributed by atoms with Gasteiger partial charge in [0.25, 0.3) is 5.91 Å². The van der Waals surface area contributed by atoms with Crippen molar-refractivity contribution < 1.29 is 19.1 Å². The molecule has 138 valence electrons. The van der Waals surface area contributed by atoms with Gasteiger partial charge < -0.3 is 19.9 Å². The zero-order chi connectivity index (χ0) is 18.7. The maximum Gasteiger partial charge on any atom is 0.325 e. The molecule has 0 aliphatic carbocycles. The summed E-state index contributed by atoms with van der Waals surface area (Å²) in [6.45, 7) is 0.745. The number of aliphatic imine (C=N–C) groups is 1. The fraction of sp³-hybridized carbons (Fsp3) is 0.412. The number of nitrogens with zero attached hydrogens (tertiary/aromatic N) is 3. The fourth-order valence-corrected chi connectivity index (χ4v) is 3.01. The number of carbonyl (C=O) groups is 3. The molecule has 2 heterocycles. The fourth-order valence-electron chi connectivity index (χ4n) is 3.01. The molecule has 2 aliphatic rings. The Morgan fingerprint density at radius 2 is 2.00 bits per heavy atom. The zero-order valence-electron chi connectivity index (χ0n) is 14.6. The predicted octanol–water partition coefficient (Wildman–Crippen LogP) is -0.347. The average molecular weight is 359 g/mol. The van der Waals surface area contributed by atoms with E-state index < -0.39 is 24.1 Å². The van der Waals surface area contributed by atoms with Crippen LogP contribution in [0.4, 0.5) is 4.79 Å². The van der Waals surface area contributed by atoms with Crippen LogP contribution in [0.1, 0.15) is 10.4 Å². The number of hydrogen-bond acceptors (Lipinski definition) is 5. The minimum atomic E-state index is -0.730. The van der Waals surface area contributed by atoms with Crippen LogP contribution in [0.15, 0.2) is 35.3 Å². The predicted molar refractivity (Wildman–Crippen MR) is 93.7 cm³/mol. The molecular weight excluding hydrogens is 338 g/mol. The number of nitrogens with one attached hydrogen (secondary N) is 2. The number of hydrogen-bond donors (Lipinski definition) is 2. The van der Waals surface area contributed by atoms with Crippen LogP contribution >= 0.6 is 0 Å². The van der Waals surface area contributed by atoms with E-state index in [1.54, 1.807) is 43.3 Å². The van der Waals surface area contributed by atoms with Gasteiger partial charge in [-0.3, -0.25) is 19.9 Å². The molecule has 0 spiro atoms. The topological polar surface area (TPSA) is 103 Å². The van der Waals surface area contributed by atoms with Crippen molar-refractivity contribution in [2.75, 3.05) is 33.9 Å². The van der Waals surface area contributed by atoms with E-state index in [9.17, 15) is 14.4 Å². The van der Waals surface area contributed by atoms with Gasteiger partial charge in [0.05, 0.1) is 19.7 Å². The zero-order valence-corrected chi connectivity index (χ0v) is 14.6. The highest BCUT2D eigenvalue weighted by Gasteiger charge is 2.50. The standard InChI is InChI=1S/C17H21N5O4/c1-21-14-13(15(24)20-17(21)25)22(16(19-14)18-8-9-26-2)10-12(23)11-6-4-3-5-7-11/h3-7,13-14H,8-10H2,1-2H3,(H,18,19)(H,20,24,25). The summed E-state index contributed by atoms with van der Waals surface area (Å²) < 4.78 is 5.00. The molecule has 0 aromatic heterocycles. The number of amides is 3. The van der Waals surface area contributed by atoms with Crippen LogP contribution in [0.5, 0.6) is 0 Å². The number of benzene rings is 1. The molecule has 9 heteroatoms. The van der Waals surface area contributed by atoms with Gasteiger partial charge in [-0.1, -0.05) is 30.3 Å². The summed E-state index contributed by atoms with van der Waals surface area (Å²) in [7, 11) is 3.15. The van der Waals surface area contributed by atoms with Crippen LogP contribution in [0, 0.1) is 0 Å². The molecule has 2 N–H and O–H groups in total. The number of likely N-dealkylation sites (N-methyl/N-ethyl adjacent to an activating group) is 1. The van der Waals surface area contributed by atoms with Crippen molar-refractivity contribution in [3.63, 3.8) is 0 Å². The van der Waals surface area contributed by atoms with E-state index in [2.05, 4.69) is 15.6 Å². The van der Waals surface area contributed by atoms with Gasteiger partial charge in [-0.05, 0) is 0 Å². The van der Waals surface area contributed by atoms with Gasteiger partial charge in [0, 0.05) is 19.7 Å². The average Bonchev–Trinajstić information content (AvgIpc) is 3.00.